The van der Waals surface area contributed by atoms with Crippen molar-refractivity contribution < 1.29 is 4.79 Å². The second kappa shape index (κ2) is 7.92. The van der Waals surface area contributed by atoms with Crippen LogP contribution in [0.3, 0.4) is 0 Å². The first-order valence-electron chi connectivity index (χ1n) is 8.26. The van der Waals surface area contributed by atoms with Gasteiger partial charge in [-0.1, -0.05) is 12.1 Å². The smallest absolute Gasteiger partial charge is 0.252 e. The first-order valence-corrected chi connectivity index (χ1v) is 9.33. The third-order valence-electron chi connectivity index (χ3n) is 4.09. The van der Waals surface area contributed by atoms with Crippen molar-refractivity contribution in [3.8, 4) is 0 Å². The lowest BCUT2D eigenvalue weighted by Gasteiger charge is -2.28. The van der Waals surface area contributed by atoms with E-state index in [9.17, 15) is 4.79 Å². The van der Waals surface area contributed by atoms with Crippen LogP contribution in [-0.2, 0) is 6.54 Å². The van der Waals surface area contributed by atoms with Gasteiger partial charge in [0, 0.05) is 28.4 Å². The maximum absolute atomic E-state index is 12.3. The Kier molecular flexibility index (Phi) is 5.65. The van der Waals surface area contributed by atoms with Gasteiger partial charge >= 0.3 is 0 Å². The van der Waals surface area contributed by atoms with Crippen molar-refractivity contribution in [2.75, 3.05) is 18.0 Å². The summed E-state index contributed by atoms with van der Waals surface area (Å²) in [7, 11) is 0. The minimum absolute atomic E-state index is 0.0929. The molecule has 2 aromatic rings. The van der Waals surface area contributed by atoms with Gasteiger partial charge < -0.3 is 10.2 Å². The van der Waals surface area contributed by atoms with Crippen molar-refractivity contribution in [2.45, 2.75) is 32.7 Å². The predicted octanol–water partition coefficient (Wildman–Crippen LogP) is 3.31. The summed E-state index contributed by atoms with van der Waals surface area (Å²) in [5.41, 5.74) is 1.62. The highest BCUT2D eigenvalue weighted by molar-refractivity contribution is 14.1. The molecule has 24 heavy (non-hydrogen) atoms. The summed E-state index contributed by atoms with van der Waals surface area (Å²) in [5, 5.41) is 2.93. The molecule has 0 unspecified atom stereocenters. The molecule has 0 aliphatic carbocycles. The van der Waals surface area contributed by atoms with Gasteiger partial charge in [0.1, 0.15) is 11.6 Å². The SMILES string of the molecule is Cc1cc(N2CCCCC2)nc(CNC(=O)c2ccccc2I)n1. The Bertz CT molecular complexity index is 729. The zero-order chi connectivity index (χ0) is 16.9. The Morgan fingerprint density at radius 3 is 2.71 bits per heavy atom. The number of anilines is 1. The molecule has 1 aromatic carbocycles. The van der Waals surface area contributed by atoms with E-state index in [0.717, 1.165) is 28.2 Å². The van der Waals surface area contributed by atoms with E-state index in [0.29, 0.717) is 17.9 Å². The lowest BCUT2D eigenvalue weighted by atomic mass is 10.1. The summed E-state index contributed by atoms with van der Waals surface area (Å²) in [5.74, 6) is 1.54. The molecule has 2 heterocycles. The number of carbonyl (C=O) groups excluding carboxylic acids is 1. The van der Waals surface area contributed by atoms with E-state index in [4.69, 9.17) is 0 Å². The van der Waals surface area contributed by atoms with Crippen LogP contribution in [0.15, 0.2) is 30.3 Å². The Morgan fingerprint density at radius 1 is 1.21 bits per heavy atom. The summed E-state index contributed by atoms with van der Waals surface area (Å²) in [6.45, 7) is 4.40. The minimum atomic E-state index is -0.0929. The molecule has 3 rings (SSSR count). The molecule has 1 amide bonds. The minimum Gasteiger partial charge on any atom is -0.357 e. The number of rotatable bonds is 4. The summed E-state index contributed by atoms with van der Waals surface area (Å²) >= 11 is 2.17. The summed E-state index contributed by atoms with van der Waals surface area (Å²) in [4.78, 5) is 23.7. The van der Waals surface area contributed by atoms with Crippen LogP contribution >= 0.6 is 22.6 Å². The van der Waals surface area contributed by atoms with Crippen molar-refractivity contribution >= 4 is 34.3 Å². The van der Waals surface area contributed by atoms with Crippen molar-refractivity contribution in [1.29, 1.82) is 0 Å². The molecule has 1 N–H and O–H groups in total. The van der Waals surface area contributed by atoms with E-state index in [1.807, 2.05) is 37.3 Å². The first-order chi connectivity index (χ1) is 11.6. The number of aromatic nitrogens is 2. The van der Waals surface area contributed by atoms with Crippen LogP contribution in [-0.4, -0.2) is 29.0 Å². The number of nitrogens with zero attached hydrogens (tertiary/aromatic N) is 3. The average molecular weight is 436 g/mol. The Hall–Kier alpha value is -1.70. The molecule has 6 heteroatoms. The molecule has 5 nitrogen and oxygen atoms in total. The number of hydrogen-bond donors (Lipinski definition) is 1. The highest BCUT2D eigenvalue weighted by Gasteiger charge is 2.15. The molecule has 1 aliphatic heterocycles. The van der Waals surface area contributed by atoms with Crippen molar-refractivity contribution in [2.24, 2.45) is 0 Å². The van der Waals surface area contributed by atoms with Gasteiger partial charge in [0.05, 0.1) is 12.1 Å². The highest BCUT2D eigenvalue weighted by atomic mass is 127. The third kappa shape index (κ3) is 4.23. The molecule has 0 radical (unpaired) electrons. The molecule has 1 aliphatic rings. The van der Waals surface area contributed by atoms with E-state index >= 15 is 0 Å². The maximum atomic E-state index is 12.3. The van der Waals surface area contributed by atoms with Gasteiger partial charge in [-0.05, 0) is 60.9 Å². The monoisotopic (exact) mass is 436 g/mol. The topological polar surface area (TPSA) is 58.1 Å². The summed E-state index contributed by atoms with van der Waals surface area (Å²) < 4.78 is 0.937. The van der Waals surface area contributed by atoms with Gasteiger partial charge in [0.2, 0.25) is 0 Å². The van der Waals surface area contributed by atoms with E-state index in [1.54, 1.807) is 0 Å². The Labute approximate surface area is 156 Å². The molecule has 126 valence electrons. The number of carbonyl (C=O) groups is 1. The zero-order valence-corrected chi connectivity index (χ0v) is 15.9. The summed E-state index contributed by atoms with van der Waals surface area (Å²) in [6, 6.07) is 9.57. The zero-order valence-electron chi connectivity index (χ0n) is 13.8. The van der Waals surface area contributed by atoms with Crippen molar-refractivity contribution in [3.63, 3.8) is 0 Å². The Balaban J connectivity index is 1.70. The van der Waals surface area contributed by atoms with Crippen LogP contribution in [0.4, 0.5) is 5.82 Å². The number of piperidine rings is 1. The van der Waals surface area contributed by atoms with Gasteiger partial charge in [-0.15, -0.1) is 0 Å². The van der Waals surface area contributed by atoms with Crippen LogP contribution in [0.1, 0.15) is 41.1 Å². The van der Waals surface area contributed by atoms with Crippen LogP contribution in [0.5, 0.6) is 0 Å². The maximum Gasteiger partial charge on any atom is 0.252 e. The van der Waals surface area contributed by atoms with E-state index in [2.05, 4.69) is 42.8 Å². The fourth-order valence-corrected chi connectivity index (χ4v) is 3.51. The van der Waals surface area contributed by atoms with E-state index in [1.165, 1.54) is 19.3 Å². The fraction of sp³-hybridized carbons (Fsp3) is 0.389. The number of hydrogen-bond acceptors (Lipinski definition) is 4. The quantitative estimate of drug-likeness (QED) is 0.748. The number of amides is 1. The standard InChI is InChI=1S/C18H21IN4O/c1-13-11-17(23-9-5-2-6-10-23)22-16(21-13)12-20-18(24)14-7-3-4-8-15(14)19/h3-4,7-8,11H,2,5-6,9-10,12H2,1H3,(H,20,24). The first kappa shape index (κ1) is 17.1. The third-order valence-corrected chi connectivity index (χ3v) is 5.03. The fourth-order valence-electron chi connectivity index (χ4n) is 2.88. The van der Waals surface area contributed by atoms with Gasteiger partial charge in [0.15, 0.2) is 0 Å². The van der Waals surface area contributed by atoms with Crippen molar-refractivity contribution in [3.05, 3.63) is 51.0 Å². The molecule has 0 bridgehead atoms. The average Bonchev–Trinajstić information content (AvgIpc) is 2.60. The van der Waals surface area contributed by atoms with E-state index in [-0.39, 0.29) is 5.91 Å². The van der Waals surface area contributed by atoms with Crippen LogP contribution < -0.4 is 10.2 Å². The van der Waals surface area contributed by atoms with Crippen LogP contribution in [0.25, 0.3) is 0 Å². The van der Waals surface area contributed by atoms with Gasteiger partial charge in [-0.3, -0.25) is 4.79 Å². The number of nitrogens with one attached hydrogen (secondary N) is 1. The second-order valence-electron chi connectivity index (χ2n) is 5.99. The lowest BCUT2D eigenvalue weighted by Crippen LogP contribution is -2.31. The van der Waals surface area contributed by atoms with Gasteiger partial charge in [-0.25, -0.2) is 9.97 Å². The van der Waals surface area contributed by atoms with Gasteiger partial charge in [0.25, 0.3) is 5.91 Å². The molecule has 1 aromatic heterocycles. The lowest BCUT2D eigenvalue weighted by molar-refractivity contribution is 0.0949. The van der Waals surface area contributed by atoms with E-state index < -0.39 is 0 Å². The van der Waals surface area contributed by atoms with Gasteiger partial charge in [-0.2, -0.15) is 0 Å². The second-order valence-corrected chi connectivity index (χ2v) is 7.16. The normalized spacial score (nSPS) is 14.5. The van der Waals surface area contributed by atoms with Crippen molar-refractivity contribution in [1.82, 2.24) is 15.3 Å². The number of benzene rings is 1. The predicted molar refractivity (Wildman–Crippen MR) is 103 cm³/mol. The molecule has 1 fully saturated rings. The Morgan fingerprint density at radius 2 is 1.96 bits per heavy atom. The number of aryl methyl sites for hydroxylation is 1. The number of halogens is 1. The molecule has 1 saturated heterocycles. The van der Waals surface area contributed by atoms with Crippen LogP contribution in [0.2, 0.25) is 0 Å². The molecule has 0 saturated carbocycles. The summed E-state index contributed by atoms with van der Waals surface area (Å²) in [6.07, 6.45) is 3.71. The molecule has 0 spiro atoms. The molecular formula is C18H21IN4O. The molecular weight excluding hydrogens is 415 g/mol. The largest absolute Gasteiger partial charge is 0.357 e. The van der Waals surface area contributed by atoms with Crippen LogP contribution in [0, 0.1) is 10.5 Å². The molecule has 0 atom stereocenters. The highest BCUT2D eigenvalue weighted by Crippen LogP contribution is 2.18.